The average molecular weight is 599 g/mol. The zero-order valence-electron chi connectivity index (χ0n) is 21.7. The third-order valence-corrected chi connectivity index (χ3v) is 7.21. The Morgan fingerprint density at radius 2 is 1.68 bits per heavy atom. The van der Waals surface area contributed by atoms with Crippen LogP contribution < -0.4 is 10.1 Å². The van der Waals surface area contributed by atoms with E-state index in [-0.39, 0.29) is 25.5 Å². The van der Waals surface area contributed by atoms with Crippen molar-refractivity contribution in [3.05, 3.63) is 70.9 Å². The van der Waals surface area contributed by atoms with Gasteiger partial charge in [0.05, 0.1) is 31.0 Å². The maximum absolute atomic E-state index is 13.7. The number of alkyl halides is 5. The van der Waals surface area contributed by atoms with Gasteiger partial charge in [-0.3, -0.25) is 0 Å². The highest BCUT2D eigenvalue weighted by Crippen LogP contribution is 2.36. The van der Waals surface area contributed by atoms with Gasteiger partial charge in [0.1, 0.15) is 10.7 Å². The maximum atomic E-state index is 13.7. The van der Waals surface area contributed by atoms with Gasteiger partial charge in [-0.05, 0) is 60.9 Å². The predicted molar refractivity (Wildman–Crippen MR) is 149 cm³/mol. The first-order valence-corrected chi connectivity index (χ1v) is 13.5. The maximum Gasteiger partial charge on any atom is 0.392 e. The molecule has 0 unspecified atom stereocenters. The molecule has 0 amide bonds. The number of nitrogens with zero attached hydrogens (tertiary/aromatic N) is 1. The molecule has 1 saturated carbocycles. The molecule has 0 radical (unpaired) electrons. The summed E-state index contributed by atoms with van der Waals surface area (Å²) in [6.07, 6.45) is -5.12. The van der Waals surface area contributed by atoms with Crippen molar-refractivity contribution in [2.75, 3.05) is 13.7 Å². The molecule has 0 bridgehead atoms. The molecule has 1 fully saturated rings. The Labute approximate surface area is 239 Å². The monoisotopic (exact) mass is 598 g/mol. The van der Waals surface area contributed by atoms with Crippen LogP contribution in [-0.2, 0) is 11.3 Å². The lowest BCUT2D eigenvalue weighted by Crippen LogP contribution is -2.40. The summed E-state index contributed by atoms with van der Waals surface area (Å²) in [7, 11) is 1.53. The van der Waals surface area contributed by atoms with Gasteiger partial charge in [-0.1, -0.05) is 36.0 Å². The van der Waals surface area contributed by atoms with Gasteiger partial charge in [-0.25, -0.2) is 13.8 Å². The summed E-state index contributed by atoms with van der Waals surface area (Å²) in [5.74, 6) is -2.34. The van der Waals surface area contributed by atoms with Gasteiger partial charge in [0.25, 0.3) is 0 Å². The van der Waals surface area contributed by atoms with Crippen molar-refractivity contribution in [2.45, 2.75) is 56.9 Å². The second-order valence-corrected chi connectivity index (χ2v) is 10.5. The fraction of sp³-hybridized carbons (Fsp3) is 0.379. The van der Waals surface area contributed by atoms with Gasteiger partial charge < -0.3 is 14.8 Å². The summed E-state index contributed by atoms with van der Waals surface area (Å²) in [5, 5.41) is 3.80. The molecule has 1 aliphatic carbocycles. The molecule has 1 N–H and O–H groups in total. The van der Waals surface area contributed by atoms with Gasteiger partial charge >= 0.3 is 6.18 Å². The summed E-state index contributed by atoms with van der Waals surface area (Å²) in [6.45, 7) is -0.334. The van der Waals surface area contributed by atoms with E-state index in [2.05, 4.69) is 5.32 Å². The number of benzene rings is 2. The minimum Gasteiger partial charge on any atom is -0.493 e. The van der Waals surface area contributed by atoms with Crippen LogP contribution in [0.5, 0.6) is 5.75 Å². The van der Waals surface area contributed by atoms with Gasteiger partial charge in [0.15, 0.2) is 0 Å². The van der Waals surface area contributed by atoms with Crippen molar-refractivity contribution >= 4 is 28.8 Å². The molecule has 0 spiro atoms. The summed E-state index contributed by atoms with van der Waals surface area (Å²) < 4.78 is 75.4. The van der Waals surface area contributed by atoms with Crippen molar-refractivity contribution in [3.63, 3.8) is 0 Å². The van der Waals surface area contributed by atoms with Crippen molar-refractivity contribution in [1.82, 2.24) is 10.3 Å². The Bertz CT molecular complexity index is 1310. The lowest BCUT2D eigenvalue weighted by molar-refractivity contribution is -0.139. The minimum atomic E-state index is -4.30. The topological polar surface area (TPSA) is 43.4 Å². The molecule has 4 nitrogen and oxygen atoms in total. The highest BCUT2D eigenvalue weighted by Gasteiger charge is 2.35. The second-order valence-electron chi connectivity index (χ2n) is 9.66. The summed E-state index contributed by atoms with van der Waals surface area (Å²) in [4.78, 5) is 5.29. The third-order valence-electron chi connectivity index (χ3n) is 6.62. The number of rotatable bonds is 9. The van der Waals surface area contributed by atoms with Gasteiger partial charge in [0, 0.05) is 47.7 Å². The smallest absolute Gasteiger partial charge is 0.392 e. The number of ether oxygens (including phenoxy) is 2. The van der Waals surface area contributed by atoms with Crippen LogP contribution >= 0.6 is 23.8 Å². The largest absolute Gasteiger partial charge is 0.493 e. The van der Waals surface area contributed by atoms with E-state index in [1.54, 1.807) is 36.4 Å². The van der Waals surface area contributed by atoms with Crippen LogP contribution in [0.3, 0.4) is 0 Å². The number of aromatic nitrogens is 1. The number of hydrogen-bond donors (Lipinski definition) is 1. The summed E-state index contributed by atoms with van der Waals surface area (Å²) >= 11 is 11.8. The summed E-state index contributed by atoms with van der Waals surface area (Å²) in [6, 6.07) is 15.5. The molecule has 0 saturated heterocycles. The predicted octanol–water partition coefficient (Wildman–Crippen LogP) is 8.39. The number of halogens is 6. The molecular weight excluding hydrogens is 571 g/mol. The van der Waals surface area contributed by atoms with E-state index in [0.29, 0.717) is 51.1 Å². The molecule has 4 rings (SSSR count). The molecule has 1 heterocycles. The SMILES string of the molecule is COCc1nc(-c2ccc(OCCC(F)(F)F)cc2)c(-c2ccc(Cl)cc2)cc1C(=S)NC1CCC(F)(F)CC1. The normalized spacial score (nSPS) is 15.6. The van der Waals surface area contributed by atoms with E-state index in [9.17, 15) is 22.0 Å². The fourth-order valence-corrected chi connectivity index (χ4v) is 4.97. The molecule has 11 heteroatoms. The number of pyridine rings is 1. The first kappa shape index (κ1) is 30.1. The molecule has 0 atom stereocenters. The number of methoxy groups -OCH3 is 1. The summed E-state index contributed by atoms with van der Waals surface area (Å²) in [5.41, 5.74) is 4.01. The number of nitrogens with one attached hydrogen (secondary N) is 1. The zero-order valence-corrected chi connectivity index (χ0v) is 23.2. The van der Waals surface area contributed by atoms with Crippen LogP contribution in [0.15, 0.2) is 54.6 Å². The first-order valence-electron chi connectivity index (χ1n) is 12.7. The standard InChI is InChI=1S/C29H28ClF5N2O2S/c1-38-17-25-24(27(40)36-21-10-12-28(31,32)13-11-21)16-23(18-2-6-20(30)7-3-18)26(37-25)19-4-8-22(9-5-19)39-15-14-29(33,34)35/h2-9,16,21H,10-15,17H2,1H3,(H,36,40). The molecule has 2 aromatic carbocycles. The average Bonchev–Trinajstić information content (AvgIpc) is 2.90. The number of hydrogen-bond acceptors (Lipinski definition) is 4. The Morgan fingerprint density at radius 3 is 2.27 bits per heavy atom. The van der Waals surface area contributed by atoms with Crippen LogP contribution in [0.25, 0.3) is 22.4 Å². The van der Waals surface area contributed by atoms with E-state index in [1.807, 2.05) is 18.2 Å². The van der Waals surface area contributed by atoms with Crippen molar-refractivity contribution in [2.24, 2.45) is 0 Å². The van der Waals surface area contributed by atoms with Gasteiger partial charge in [-0.15, -0.1) is 0 Å². The van der Waals surface area contributed by atoms with Crippen LogP contribution in [0.2, 0.25) is 5.02 Å². The van der Waals surface area contributed by atoms with Gasteiger partial charge in [0.2, 0.25) is 5.92 Å². The molecule has 214 valence electrons. The number of thiocarbonyl (C=S) groups is 1. The molecule has 1 aromatic heterocycles. The minimum absolute atomic E-state index is 0.145. The van der Waals surface area contributed by atoms with Crippen molar-refractivity contribution in [1.29, 1.82) is 0 Å². The second kappa shape index (κ2) is 12.8. The van der Waals surface area contributed by atoms with Crippen molar-refractivity contribution < 1.29 is 31.4 Å². The molecule has 1 aliphatic rings. The van der Waals surface area contributed by atoms with E-state index in [0.717, 1.165) is 11.1 Å². The van der Waals surface area contributed by atoms with E-state index < -0.39 is 25.1 Å². The van der Waals surface area contributed by atoms with Crippen LogP contribution in [0, 0.1) is 0 Å². The highest BCUT2D eigenvalue weighted by atomic mass is 35.5. The first-order chi connectivity index (χ1) is 18.9. The highest BCUT2D eigenvalue weighted by molar-refractivity contribution is 7.80. The lowest BCUT2D eigenvalue weighted by Gasteiger charge is -2.30. The molecule has 0 aliphatic heterocycles. The van der Waals surface area contributed by atoms with Crippen LogP contribution in [0.1, 0.15) is 43.4 Å². The fourth-order valence-electron chi connectivity index (χ4n) is 4.51. The Hall–Kier alpha value is -2.82. The lowest BCUT2D eigenvalue weighted by atomic mass is 9.92. The molecular formula is C29H28ClF5N2O2S. The Kier molecular flexibility index (Phi) is 9.64. The Morgan fingerprint density at radius 1 is 1.05 bits per heavy atom. The molecule has 40 heavy (non-hydrogen) atoms. The van der Waals surface area contributed by atoms with E-state index >= 15 is 0 Å². The quantitative estimate of drug-likeness (QED) is 0.198. The van der Waals surface area contributed by atoms with Gasteiger partial charge in [-0.2, -0.15) is 13.2 Å². The van der Waals surface area contributed by atoms with Crippen LogP contribution in [-0.4, -0.2) is 41.8 Å². The van der Waals surface area contributed by atoms with E-state index in [4.69, 9.17) is 38.3 Å². The van der Waals surface area contributed by atoms with Crippen molar-refractivity contribution in [3.8, 4) is 28.1 Å². The zero-order chi connectivity index (χ0) is 28.9. The third kappa shape index (κ3) is 8.11. The van der Waals surface area contributed by atoms with Crippen LogP contribution in [0.4, 0.5) is 22.0 Å². The van der Waals surface area contributed by atoms with E-state index in [1.165, 1.54) is 7.11 Å². The Balaban J connectivity index is 1.68. The molecule has 3 aromatic rings.